The smallest absolute Gasteiger partial charge is 0.351 e. The predicted molar refractivity (Wildman–Crippen MR) is 29.2 cm³/mol. The predicted octanol–water partition coefficient (Wildman–Crippen LogP) is 0.268. The molecular formula is C5H6F2O4. The Kier molecular flexibility index (Phi) is 3.43. The minimum absolute atomic E-state index is 0.859. The van der Waals surface area contributed by atoms with E-state index in [9.17, 15) is 18.4 Å². The van der Waals surface area contributed by atoms with Gasteiger partial charge in [0, 0.05) is 6.92 Å². The van der Waals surface area contributed by atoms with Gasteiger partial charge in [-0.3, -0.25) is 4.79 Å². The van der Waals surface area contributed by atoms with Crippen LogP contribution in [0.15, 0.2) is 0 Å². The summed E-state index contributed by atoms with van der Waals surface area (Å²) in [5.74, 6) is -2.90. The summed E-state index contributed by atoms with van der Waals surface area (Å²) < 4.78 is 27.1. The van der Waals surface area contributed by atoms with Crippen LogP contribution >= 0.6 is 0 Å². The molecule has 0 aliphatic heterocycles. The van der Waals surface area contributed by atoms with E-state index in [4.69, 9.17) is 5.11 Å². The first-order chi connectivity index (χ1) is 4.95. The van der Waals surface area contributed by atoms with Crippen molar-refractivity contribution in [1.29, 1.82) is 0 Å². The highest BCUT2D eigenvalue weighted by Gasteiger charge is 2.30. The van der Waals surface area contributed by atoms with Crippen LogP contribution in [-0.4, -0.2) is 29.6 Å². The van der Waals surface area contributed by atoms with Gasteiger partial charge in [0.2, 0.25) is 0 Å². The van der Waals surface area contributed by atoms with Crippen molar-refractivity contribution in [1.82, 2.24) is 0 Å². The second-order valence-corrected chi connectivity index (χ2v) is 1.70. The zero-order chi connectivity index (χ0) is 9.02. The standard InChI is InChI=1S/C5H6F2O4/c1-2(8)11-3(4(6)7)5(9)10/h3-4H,1H3,(H,9,10). The SMILES string of the molecule is CC(=O)OC(C(=O)O)C(F)F. The molecular weight excluding hydrogens is 162 g/mol. The Morgan fingerprint density at radius 1 is 1.45 bits per heavy atom. The molecule has 0 aromatic rings. The number of alkyl halides is 2. The lowest BCUT2D eigenvalue weighted by Crippen LogP contribution is -2.32. The minimum atomic E-state index is -3.20. The lowest BCUT2D eigenvalue weighted by molar-refractivity contribution is -0.172. The van der Waals surface area contributed by atoms with Crippen molar-refractivity contribution >= 4 is 11.9 Å². The van der Waals surface area contributed by atoms with Crippen molar-refractivity contribution in [3.8, 4) is 0 Å². The summed E-state index contributed by atoms with van der Waals surface area (Å²) in [5.41, 5.74) is 0. The van der Waals surface area contributed by atoms with E-state index in [1.165, 1.54) is 0 Å². The number of rotatable bonds is 3. The van der Waals surface area contributed by atoms with Gasteiger partial charge in [-0.25, -0.2) is 13.6 Å². The third kappa shape index (κ3) is 3.49. The molecule has 0 amide bonds. The maximum Gasteiger partial charge on any atom is 0.351 e. The van der Waals surface area contributed by atoms with Crippen LogP contribution in [0.1, 0.15) is 6.92 Å². The average Bonchev–Trinajstić information content (AvgIpc) is 1.81. The van der Waals surface area contributed by atoms with Crippen LogP contribution in [-0.2, 0) is 14.3 Å². The van der Waals surface area contributed by atoms with Gasteiger partial charge in [-0.15, -0.1) is 0 Å². The van der Waals surface area contributed by atoms with E-state index in [0.717, 1.165) is 6.92 Å². The van der Waals surface area contributed by atoms with E-state index in [1.807, 2.05) is 0 Å². The fraction of sp³-hybridized carbons (Fsp3) is 0.600. The van der Waals surface area contributed by atoms with Crippen molar-refractivity contribution in [2.24, 2.45) is 0 Å². The van der Waals surface area contributed by atoms with E-state index < -0.39 is 24.5 Å². The number of carbonyl (C=O) groups excluding carboxylic acids is 1. The van der Waals surface area contributed by atoms with Crippen LogP contribution in [0.25, 0.3) is 0 Å². The minimum Gasteiger partial charge on any atom is -0.478 e. The number of halogens is 2. The Morgan fingerprint density at radius 2 is 1.91 bits per heavy atom. The molecule has 64 valence electrons. The summed E-state index contributed by atoms with van der Waals surface area (Å²) in [4.78, 5) is 20.0. The van der Waals surface area contributed by atoms with Crippen LogP contribution in [0.4, 0.5) is 8.78 Å². The lowest BCUT2D eigenvalue weighted by Gasteiger charge is -2.09. The molecule has 0 heterocycles. The average molecular weight is 168 g/mol. The highest BCUT2D eigenvalue weighted by molar-refractivity contribution is 5.77. The molecule has 1 N–H and O–H groups in total. The van der Waals surface area contributed by atoms with Gasteiger partial charge in [-0.05, 0) is 0 Å². The Labute approximate surface area is 60.8 Å². The Balaban J connectivity index is 4.12. The maximum absolute atomic E-state index is 11.7. The molecule has 11 heavy (non-hydrogen) atoms. The number of carbonyl (C=O) groups is 2. The van der Waals surface area contributed by atoms with Gasteiger partial charge in [-0.2, -0.15) is 0 Å². The van der Waals surface area contributed by atoms with Gasteiger partial charge in [0.25, 0.3) is 12.5 Å². The summed E-state index contributed by atoms with van der Waals surface area (Å²) in [6.45, 7) is 0.859. The molecule has 0 aliphatic carbocycles. The Hall–Kier alpha value is -1.20. The molecule has 0 fully saturated rings. The second-order valence-electron chi connectivity index (χ2n) is 1.70. The summed E-state index contributed by atoms with van der Waals surface area (Å²) >= 11 is 0. The molecule has 0 rings (SSSR count). The first-order valence-corrected chi connectivity index (χ1v) is 2.63. The third-order valence-electron chi connectivity index (χ3n) is 0.765. The van der Waals surface area contributed by atoms with Crippen LogP contribution in [0, 0.1) is 0 Å². The van der Waals surface area contributed by atoms with Crippen LogP contribution in [0.5, 0.6) is 0 Å². The number of carboxylic acid groups (broad SMARTS) is 1. The molecule has 0 radical (unpaired) electrons. The Morgan fingerprint density at radius 3 is 2.00 bits per heavy atom. The van der Waals surface area contributed by atoms with E-state index in [-0.39, 0.29) is 0 Å². The van der Waals surface area contributed by atoms with Crippen molar-refractivity contribution < 1.29 is 28.2 Å². The largest absolute Gasteiger partial charge is 0.478 e. The van der Waals surface area contributed by atoms with E-state index in [2.05, 4.69) is 4.74 Å². The summed E-state index contributed by atoms with van der Waals surface area (Å²) in [5, 5.41) is 8.04. The van der Waals surface area contributed by atoms with E-state index in [1.54, 1.807) is 0 Å². The van der Waals surface area contributed by atoms with Crippen LogP contribution < -0.4 is 0 Å². The van der Waals surface area contributed by atoms with Crippen LogP contribution in [0.2, 0.25) is 0 Å². The molecule has 0 bridgehead atoms. The van der Waals surface area contributed by atoms with Crippen LogP contribution in [0.3, 0.4) is 0 Å². The van der Waals surface area contributed by atoms with Crippen molar-refractivity contribution in [2.45, 2.75) is 19.5 Å². The van der Waals surface area contributed by atoms with Gasteiger partial charge in [-0.1, -0.05) is 0 Å². The molecule has 0 saturated heterocycles. The highest BCUT2D eigenvalue weighted by Crippen LogP contribution is 2.05. The molecule has 6 heteroatoms. The zero-order valence-corrected chi connectivity index (χ0v) is 5.58. The lowest BCUT2D eigenvalue weighted by atomic mass is 10.4. The molecule has 1 unspecified atom stereocenters. The summed E-state index contributed by atoms with van der Waals surface area (Å²) in [7, 11) is 0. The van der Waals surface area contributed by atoms with Crippen molar-refractivity contribution in [3.05, 3.63) is 0 Å². The van der Waals surface area contributed by atoms with Crippen molar-refractivity contribution in [3.63, 3.8) is 0 Å². The van der Waals surface area contributed by atoms with Gasteiger partial charge in [0.1, 0.15) is 0 Å². The molecule has 0 aromatic heterocycles. The maximum atomic E-state index is 11.7. The molecule has 0 saturated carbocycles. The van der Waals surface area contributed by atoms with Crippen molar-refractivity contribution in [2.75, 3.05) is 0 Å². The third-order valence-corrected chi connectivity index (χ3v) is 0.765. The number of carboxylic acids is 1. The normalized spacial score (nSPS) is 12.7. The topological polar surface area (TPSA) is 63.6 Å². The Bertz CT molecular complexity index is 168. The van der Waals surface area contributed by atoms with Gasteiger partial charge < -0.3 is 9.84 Å². The zero-order valence-electron chi connectivity index (χ0n) is 5.58. The molecule has 0 spiro atoms. The first-order valence-electron chi connectivity index (χ1n) is 2.63. The highest BCUT2D eigenvalue weighted by atomic mass is 19.3. The number of esters is 1. The molecule has 4 nitrogen and oxygen atoms in total. The fourth-order valence-corrected chi connectivity index (χ4v) is 0.388. The number of ether oxygens (including phenoxy) is 1. The second kappa shape index (κ2) is 3.85. The molecule has 0 aliphatic rings. The number of hydrogen-bond donors (Lipinski definition) is 1. The van der Waals surface area contributed by atoms with Gasteiger partial charge in [0.15, 0.2) is 0 Å². The quantitative estimate of drug-likeness (QED) is 0.614. The number of aliphatic carboxylic acids is 1. The van der Waals surface area contributed by atoms with E-state index >= 15 is 0 Å². The molecule has 0 aromatic carbocycles. The van der Waals surface area contributed by atoms with Gasteiger partial charge >= 0.3 is 11.9 Å². The van der Waals surface area contributed by atoms with Gasteiger partial charge in [0.05, 0.1) is 0 Å². The fourth-order valence-electron chi connectivity index (χ4n) is 0.388. The van der Waals surface area contributed by atoms with E-state index in [0.29, 0.717) is 0 Å². The summed E-state index contributed by atoms with van der Waals surface area (Å²) in [6, 6.07) is 0. The monoisotopic (exact) mass is 168 g/mol. The first kappa shape index (κ1) is 9.80. The summed E-state index contributed by atoms with van der Waals surface area (Å²) in [6.07, 6.45) is -5.55. The number of hydrogen-bond acceptors (Lipinski definition) is 3. The molecule has 1 atom stereocenters.